The van der Waals surface area contributed by atoms with E-state index in [-0.39, 0.29) is 18.1 Å². The summed E-state index contributed by atoms with van der Waals surface area (Å²) in [4.78, 5) is 23.8. The molecule has 126 valence electrons. The van der Waals surface area contributed by atoms with Crippen molar-refractivity contribution in [3.63, 3.8) is 0 Å². The molecule has 0 aliphatic rings. The van der Waals surface area contributed by atoms with Gasteiger partial charge in [-0.15, -0.1) is 0 Å². The van der Waals surface area contributed by atoms with Gasteiger partial charge in [-0.25, -0.2) is 4.79 Å². The number of hydrogen-bond donors (Lipinski definition) is 1. The third-order valence-corrected chi connectivity index (χ3v) is 3.68. The van der Waals surface area contributed by atoms with Crippen LogP contribution < -0.4 is 10.1 Å². The second-order valence-electron chi connectivity index (χ2n) is 5.39. The van der Waals surface area contributed by atoms with Crippen LogP contribution in [0.3, 0.4) is 0 Å². The lowest BCUT2D eigenvalue weighted by Gasteiger charge is -2.11. The number of anilines is 1. The number of esters is 1. The van der Waals surface area contributed by atoms with Crippen LogP contribution in [0.15, 0.2) is 66.7 Å². The van der Waals surface area contributed by atoms with Crippen molar-refractivity contribution in [2.45, 2.75) is 0 Å². The first kappa shape index (κ1) is 16.5. The van der Waals surface area contributed by atoms with Crippen LogP contribution in [0.25, 0.3) is 10.8 Å². The first-order valence-corrected chi connectivity index (χ1v) is 7.76. The fourth-order valence-electron chi connectivity index (χ4n) is 2.48. The van der Waals surface area contributed by atoms with E-state index in [1.165, 1.54) is 7.11 Å². The van der Waals surface area contributed by atoms with Crippen LogP contribution in [0.4, 0.5) is 5.69 Å². The highest BCUT2D eigenvalue weighted by atomic mass is 16.5. The Hall–Kier alpha value is -3.34. The zero-order valence-electron chi connectivity index (χ0n) is 13.7. The molecule has 0 fully saturated rings. The molecule has 1 N–H and O–H groups in total. The maximum absolute atomic E-state index is 12.1. The van der Waals surface area contributed by atoms with Crippen LogP contribution in [-0.4, -0.2) is 25.6 Å². The summed E-state index contributed by atoms with van der Waals surface area (Å²) < 4.78 is 10.2. The Morgan fingerprint density at radius 2 is 1.64 bits per heavy atom. The normalized spacial score (nSPS) is 10.3. The molecule has 0 heterocycles. The summed E-state index contributed by atoms with van der Waals surface area (Å²) >= 11 is 0. The Balaban J connectivity index is 1.66. The minimum Gasteiger partial charge on any atom is -0.483 e. The SMILES string of the molecule is COC(=O)c1ccccc1OCC(=O)Nc1ccc2ccccc2c1. The second-order valence-corrected chi connectivity index (χ2v) is 5.39. The highest BCUT2D eigenvalue weighted by Gasteiger charge is 2.13. The van der Waals surface area contributed by atoms with E-state index in [9.17, 15) is 9.59 Å². The zero-order chi connectivity index (χ0) is 17.6. The summed E-state index contributed by atoms with van der Waals surface area (Å²) in [6, 6.07) is 20.2. The Kier molecular flexibility index (Phi) is 4.95. The molecule has 3 aromatic rings. The predicted molar refractivity (Wildman–Crippen MR) is 95.9 cm³/mol. The van der Waals surface area contributed by atoms with Crippen LogP contribution in [-0.2, 0) is 9.53 Å². The molecule has 3 aromatic carbocycles. The molecule has 5 nitrogen and oxygen atoms in total. The highest BCUT2D eigenvalue weighted by molar-refractivity contribution is 5.96. The highest BCUT2D eigenvalue weighted by Crippen LogP contribution is 2.20. The van der Waals surface area contributed by atoms with Crippen molar-refractivity contribution in [1.29, 1.82) is 0 Å². The van der Waals surface area contributed by atoms with E-state index < -0.39 is 5.97 Å². The van der Waals surface area contributed by atoms with Crippen molar-refractivity contribution in [3.8, 4) is 5.75 Å². The van der Waals surface area contributed by atoms with Crippen molar-refractivity contribution < 1.29 is 19.1 Å². The average Bonchev–Trinajstić information content (AvgIpc) is 2.66. The van der Waals surface area contributed by atoms with E-state index in [4.69, 9.17) is 9.47 Å². The van der Waals surface area contributed by atoms with E-state index in [0.29, 0.717) is 11.4 Å². The Bertz CT molecular complexity index is 920. The number of nitrogens with one attached hydrogen (secondary N) is 1. The van der Waals surface area contributed by atoms with E-state index in [0.717, 1.165) is 10.8 Å². The molecule has 0 saturated heterocycles. The quantitative estimate of drug-likeness (QED) is 0.723. The van der Waals surface area contributed by atoms with Crippen molar-refractivity contribution in [3.05, 3.63) is 72.3 Å². The Morgan fingerprint density at radius 1 is 0.920 bits per heavy atom. The number of carbonyl (C=O) groups is 2. The van der Waals surface area contributed by atoms with Gasteiger partial charge in [-0.2, -0.15) is 0 Å². The fourth-order valence-corrected chi connectivity index (χ4v) is 2.48. The molecule has 5 heteroatoms. The van der Waals surface area contributed by atoms with Gasteiger partial charge in [0, 0.05) is 5.69 Å². The van der Waals surface area contributed by atoms with E-state index >= 15 is 0 Å². The van der Waals surface area contributed by atoms with Crippen LogP contribution in [0.5, 0.6) is 5.75 Å². The molecule has 0 aromatic heterocycles. The number of para-hydroxylation sites is 1. The summed E-state index contributed by atoms with van der Waals surface area (Å²) in [5.74, 6) is -0.511. The van der Waals surface area contributed by atoms with Crippen molar-refractivity contribution >= 4 is 28.3 Å². The topological polar surface area (TPSA) is 64.6 Å². The van der Waals surface area contributed by atoms with Gasteiger partial charge < -0.3 is 14.8 Å². The monoisotopic (exact) mass is 335 g/mol. The summed E-state index contributed by atoms with van der Waals surface area (Å²) in [5, 5.41) is 4.93. The van der Waals surface area contributed by atoms with Gasteiger partial charge in [0.2, 0.25) is 0 Å². The smallest absolute Gasteiger partial charge is 0.341 e. The molecule has 0 bridgehead atoms. The third-order valence-electron chi connectivity index (χ3n) is 3.68. The number of ether oxygens (including phenoxy) is 2. The van der Waals surface area contributed by atoms with Crippen molar-refractivity contribution in [1.82, 2.24) is 0 Å². The standard InChI is InChI=1S/C20H17NO4/c1-24-20(23)17-8-4-5-9-18(17)25-13-19(22)21-16-11-10-14-6-2-3-7-15(14)12-16/h2-12H,13H2,1H3,(H,21,22). The van der Waals surface area contributed by atoms with Crippen LogP contribution in [0.2, 0.25) is 0 Å². The first-order valence-electron chi connectivity index (χ1n) is 7.76. The molecule has 0 aliphatic heterocycles. The minimum atomic E-state index is -0.509. The molecule has 0 atom stereocenters. The lowest BCUT2D eigenvalue weighted by molar-refractivity contribution is -0.118. The van der Waals surface area contributed by atoms with Crippen LogP contribution in [0, 0.1) is 0 Å². The van der Waals surface area contributed by atoms with Gasteiger partial charge in [0.05, 0.1) is 7.11 Å². The molecule has 25 heavy (non-hydrogen) atoms. The maximum atomic E-state index is 12.1. The molecule has 1 amide bonds. The van der Waals surface area contributed by atoms with Crippen LogP contribution in [0.1, 0.15) is 10.4 Å². The molecule has 0 unspecified atom stereocenters. The number of rotatable bonds is 5. The third kappa shape index (κ3) is 3.95. The molecular weight excluding hydrogens is 318 g/mol. The zero-order valence-corrected chi connectivity index (χ0v) is 13.7. The summed E-state index contributed by atoms with van der Waals surface area (Å²) in [6.45, 7) is -0.208. The van der Waals surface area contributed by atoms with E-state index in [1.54, 1.807) is 24.3 Å². The fraction of sp³-hybridized carbons (Fsp3) is 0.100. The minimum absolute atomic E-state index is 0.208. The number of fused-ring (bicyclic) bond motifs is 1. The second kappa shape index (κ2) is 7.49. The molecule has 0 radical (unpaired) electrons. The predicted octanol–water partition coefficient (Wildman–Crippen LogP) is 3.64. The molecule has 0 spiro atoms. The van der Waals surface area contributed by atoms with Gasteiger partial charge in [0.15, 0.2) is 6.61 Å². The Labute approximate surface area is 145 Å². The van der Waals surface area contributed by atoms with Gasteiger partial charge in [-0.05, 0) is 35.0 Å². The number of carbonyl (C=O) groups excluding carboxylic acids is 2. The average molecular weight is 335 g/mol. The van der Waals surface area contributed by atoms with E-state index in [1.807, 2.05) is 42.5 Å². The largest absolute Gasteiger partial charge is 0.483 e. The number of benzene rings is 3. The lowest BCUT2D eigenvalue weighted by Crippen LogP contribution is -2.21. The van der Waals surface area contributed by atoms with Gasteiger partial charge in [-0.1, -0.05) is 42.5 Å². The van der Waals surface area contributed by atoms with Crippen molar-refractivity contribution in [2.75, 3.05) is 19.0 Å². The molecule has 0 aliphatic carbocycles. The van der Waals surface area contributed by atoms with Gasteiger partial charge in [-0.3, -0.25) is 4.79 Å². The molecular formula is C20H17NO4. The summed E-state index contributed by atoms with van der Waals surface area (Å²) in [5.41, 5.74) is 0.969. The van der Waals surface area contributed by atoms with E-state index in [2.05, 4.69) is 5.32 Å². The number of methoxy groups -OCH3 is 1. The first-order chi connectivity index (χ1) is 12.2. The molecule has 3 rings (SSSR count). The lowest BCUT2D eigenvalue weighted by atomic mass is 10.1. The Morgan fingerprint density at radius 3 is 2.44 bits per heavy atom. The number of amides is 1. The maximum Gasteiger partial charge on any atom is 0.341 e. The summed E-state index contributed by atoms with van der Waals surface area (Å²) in [7, 11) is 1.30. The van der Waals surface area contributed by atoms with Crippen LogP contribution >= 0.6 is 0 Å². The number of hydrogen-bond acceptors (Lipinski definition) is 4. The van der Waals surface area contributed by atoms with Gasteiger partial charge in [0.1, 0.15) is 11.3 Å². The van der Waals surface area contributed by atoms with Gasteiger partial charge in [0.25, 0.3) is 5.91 Å². The van der Waals surface area contributed by atoms with Crippen molar-refractivity contribution in [2.24, 2.45) is 0 Å². The summed E-state index contributed by atoms with van der Waals surface area (Å²) in [6.07, 6.45) is 0. The van der Waals surface area contributed by atoms with Gasteiger partial charge >= 0.3 is 5.97 Å². The molecule has 0 saturated carbocycles.